The van der Waals surface area contributed by atoms with Gasteiger partial charge < -0.3 is 4.90 Å². The minimum Gasteiger partial charge on any atom is -0.375 e. The van der Waals surface area contributed by atoms with Crippen molar-refractivity contribution in [2.45, 2.75) is 26.2 Å². The molecule has 1 aliphatic rings. The van der Waals surface area contributed by atoms with Gasteiger partial charge in [0.15, 0.2) is 0 Å². The molecular weight excluding hydrogens is 182 g/mol. The molecule has 2 rings (SSSR count). The maximum absolute atomic E-state index is 2.52. The zero-order valence-corrected chi connectivity index (χ0v) is 9.45. The molecule has 1 aliphatic heterocycles. The number of likely N-dealkylation sites (tertiary alicyclic amines) is 1. The van der Waals surface area contributed by atoms with Crippen molar-refractivity contribution in [1.29, 1.82) is 0 Å². The van der Waals surface area contributed by atoms with Gasteiger partial charge in [0.25, 0.3) is 0 Å². The van der Waals surface area contributed by atoms with Crippen molar-refractivity contribution in [1.82, 2.24) is 4.90 Å². The highest BCUT2D eigenvalue weighted by molar-refractivity contribution is 5.52. The minimum atomic E-state index is 1.13. The molecule has 0 saturated carbocycles. The second-order valence-electron chi connectivity index (χ2n) is 4.09. The lowest BCUT2D eigenvalue weighted by Gasteiger charge is -2.20. The maximum atomic E-state index is 2.52. The van der Waals surface area contributed by atoms with Gasteiger partial charge in [-0.25, -0.2) is 0 Å². The standard InChI is InChI=1S/C14H19N/c1-2-14(15-10-6-7-11-15)12-13-8-4-3-5-9-13/h3-5,8-9,12H,2,6-7,10-11H2,1H3/b14-12+. The molecule has 1 aromatic rings. The van der Waals surface area contributed by atoms with Crippen LogP contribution in [0.5, 0.6) is 0 Å². The zero-order chi connectivity index (χ0) is 10.5. The average molecular weight is 201 g/mol. The predicted molar refractivity (Wildman–Crippen MR) is 65.5 cm³/mol. The van der Waals surface area contributed by atoms with E-state index in [1.165, 1.54) is 37.2 Å². The summed E-state index contributed by atoms with van der Waals surface area (Å²) in [5.41, 5.74) is 2.81. The van der Waals surface area contributed by atoms with Crippen LogP contribution in [0.25, 0.3) is 6.08 Å². The van der Waals surface area contributed by atoms with Gasteiger partial charge in [0, 0.05) is 18.8 Å². The van der Waals surface area contributed by atoms with Crippen LogP contribution in [0.4, 0.5) is 0 Å². The highest BCUT2D eigenvalue weighted by atomic mass is 15.1. The van der Waals surface area contributed by atoms with Crippen LogP contribution in [-0.4, -0.2) is 18.0 Å². The summed E-state index contributed by atoms with van der Waals surface area (Å²) in [6, 6.07) is 10.6. The molecule has 0 unspecified atom stereocenters. The van der Waals surface area contributed by atoms with Gasteiger partial charge >= 0.3 is 0 Å². The molecule has 0 spiro atoms. The Hall–Kier alpha value is -1.24. The smallest absolute Gasteiger partial charge is 0.0175 e. The van der Waals surface area contributed by atoms with Gasteiger partial charge in [-0.05, 0) is 30.9 Å². The molecule has 0 amide bonds. The van der Waals surface area contributed by atoms with E-state index in [0.29, 0.717) is 0 Å². The topological polar surface area (TPSA) is 3.24 Å². The summed E-state index contributed by atoms with van der Waals surface area (Å²) in [5, 5.41) is 0. The Balaban J connectivity index is 2.15. The fourth-order valence-electron chi connectivity index (χ4n) is 2.16. The molecule has 0 bridgehead atoms. The first-order chi connectivity index (χ1) is 7.40. The lowest BCUT2D eigenvalue weighted by molar-refractivity contribution is 0.417. The van der Waals surface area contributed by atoms with Crippen LogP contribution < -0.4 is 0 Å². The Bertz CT molecular complexity index is 320. The number of nitrogens with zero attached hydrogens (tertiary/aromatic N) is 1. The second-order valence-corrected chi connectivity index (χ2v) is 4.09. The molecule has 1 nitrogen and oxygen atoms in total. The van der Waals surface area contributed by atoms with Crippen LogP contribution in [-0.2, 0) is 0 Å². The summed E-state index contributed by atoms with van der Waals surface area (Å²) < 4.78 is 0. The fraction of sp³-hybridized carbons (Fsp3) is 0.429. The van der Waals surface area contributed by atoms with Gasteiger partial charge in [0.2, 0.25) is 0 Å². The van der Waals surface area contributed by atoms with Gasteiger partial charge in [0.1, 0.15) is 0 Å². The Morgan fingerprint density at radius 1 is 1.20 bits per heavy atom. The SMILES string of the molecule is CC/C(=C\c1ccccc1)N1CCCC1. The molecule has 1 aromatic carbocycles. The van der Waals surface area contributed by atoms with Crippen LogP contribution in [0.1, 0.15) is 31.7 Å². The van der Waals surface area contributed by atoms with E-state index in [2.05, 4.69) is 48.2 Å². The summed E-state index contributed by atoms with van der Waals surface area (Å²) in [7, 11) is 0. The Morgan fingerprint density at radius 3 is 2.47 bits per heavy atom. The van der Waals surface area contributed by atoms with Crippen molar-refractivity contribution in [2.24, 2.45) is 0 Å². The molecule has 0 atom stereocenters. The number of hydrogen-bond donors (Lipinski definition) is 0. The third-order valence-corrected chi connectivity index (χ3v) is 3.01. The fourth-order valence-corrected chi connectivity index (χ4v) is 2.16. The summed E-state index contributed by atoms with van der Waals surface area (Å²) in [5.74, 6) is 0. The normalized spacial score (nSPS) is 17.1. The summed E-state index contributed by atoms with van der Waals surface area (Å²) in [6.45, 7) is 4.73. The van der Waals surface area contributed by atoms with Crippen molar-refractivity contribution < 1.29 is 0 Å². The van der Waals surface area contributed by atoms with Crippen molar-refractivity contribution in [3.63, 3.8) is 0 Å². The molecule has 0 aliphatic carbocycles. The quantitative estimate of drug-likeness (QED) is 0.723. The molecule has 0 aromatic heterocycles. The molecule has 1 heterocycles. The van der Waals surface area contributed by atoms with Gasteiger partial charge in [-0.2, -0.15) is 0 Å². The van der Waals surface area contributed by atoms with Gasteiger partial charge in [-0.15, -0.1) is 0 Å². The number of hydrogen-bond acceptors (Lipinski definition) is 1. The molecular formula is C14H19N. The predicted octanol–water partition coefficient (Wildman–Crippen LogP) is 3.53. The first kappa shape index (κ1) is 10.3. The minimum absolute atomic E-state index is 1.13. The number of rotatable bonds is 3. The maximum Gasteiger partial charge on any atom is 0.0175 e. The highest BCUT2D eigenvalue weighted by Crippen LogP contribution is 2.19. The first-order valence-electron chi connectivity index (χ1n) is 5.90. The van der Waals surface area contributed by atoms with Gasteiger partial charge in [0.05, 0.1) is 0 Å². The largest absolute Gasteiger partial charge is 0.375 e. The van der Waals surface area contributed by atoms with E-state index in [4.69, 9.17) is 0 Å². The Labute approximate surface area is 92.4 Å². The van der Waals surface area contributed by atoms with Crippen molar-refractivity contribution >= 4 is 6.08 Å². The average Bonchev–Trinajstić information content (AvgIpc) is 2.81. The number of benzene rings is 1. The molecule has 1 fully saturated rings. The highest BCUT2D eigenvalue weighted by Gasteiger charge is 2.12. The molecule has 15 heavy (non-hydrogen) atoms. The molecule has 80 valence electrons. The van der Waals surface area contributed by atoms with E-state index in [-0.39, 0.29) is 0 Å². The van der Waals surface area contributed by atoms with E-state index in [9.17, 15) is 0 Å². The van der Waals surface area contributed by atoms with Crippen LogP contribution in [0.15, 0.2) is 36.0 Å². The van der Waals surface area contributed by atoms with Crippen molar-refractivity contribution in [2.75, 3.05) is 13.1 Å². The van der Waals surface area contributed by atoms with E-state index in [1.807, 2.05) is 0 Å². The van der Waals surface area contributed by atoms with E-state index < -0.39 is 0 Å². The van der Waals surface area contributed by atoms with Crippen molar-refractivity contribution in [3.8, 4) is 0 Å². The summed E-state index contributed by atoms with van der Waals surface area (Å²) in [4.78, 5) is 2.52. The van der Waals surface area contributed by atoms with E-state index >= 15 is 0 Å². The van der Waals surface area contributed by atoms with Gasteiger partial charge in [-0.3, -0.25) is 0 Å². The van der Waals surface area contributed by atoms with Crippen LogP contribution >= 0.6 is 0 Å². The Kier molecular flexibility index (Phi) is 3.44. The summed E-state index contributed by atoms with van der Waals surface area (Å²) >= 11 is 0. The monoisotopic (exact) mass is 201 g/mol. The molecule has 1 saturated heterocycles. The first-order valence-corrected chi connectivity index (χ1v) is 5.90. The van der Waals surface area contributed by atoms with Crippen LogP contribution in [0.3, 0.4) is 0 Å². The number of allylic oxidation sites excluding steroid dienone is 1. The molecule has 1 heteroatoms. The Morgan fingerprint density at radius 2 is 1.87 bits per heavy atom. The van der Waals surface area contributed by atoms with E-state index in [0.717, 1.165) is 6.42 Å². The molecule has 0 radical (unpaired) electrons. The van der Waals surface area contributed by atoms with Crippen molar-refractivity contribution in [3.05, 3.63) is 41.6 Å². The second kappa shape index (κ2) is 5.01. The van der Waals surface area contributed by atoms with Gasteiger partial charge in [-0.1, -0.05) is 37.3 Å². The van der Waals surface area contributed by atoms with Crippen LogP contribution in [0, 0.1) is 0 Å². The third-order valence-electron chi connectivity index (χ3n) is 3.01. The van der Waals surface area contributed by atoms with E-state index in [1.54, 1.807) is 0 Å². The zero-order valence-electron chi connectivity index (χ0n) is 9.45. The summed E-state index contributed by atoms with van der Waals surface area (Å²) in [6.07, 6.45) is 6.17. The molecule has 0 N–H and O–H groups in total. The third kappa shape index (κ3) is 2.62. The van der Waals surface area contributed by atoms with Crippen LogP contribution in [0.2, 0.25) is 0 Å². The lowest BCUT2D eigenvalue weighted by Crippen LogP contribution is -2.17. The lowest BCUT2D eigenvalue weighted by atomic mass is 10.1.